The summed E-state index contributed by atoms with van der Waals surface area (Å²) < 4.78 is 53.4. The Morgan fingerprint density at radius 3 is 2.46 bits per heavy atom. The van der Waals surface area contributed by atoms with Crippen molar-refractivity contribution < 1.29 is 22.0 Å². The van der Waals surface area contributed by atoms with Crippen LogP contribution in [0.25, 0.3) is 0 Å². The largest absolute Gasteiger partial charge is 0.337 e. The molecule has 8 heteroatoms. The Labute approximate surface area is 151 Å². The van der Waals surface area contributed by atoms with Gasteiger partial charge in [-0.2, -0.15) is 0 Å². The monoisotopic (exact) mass is 382 g/mol. The number of carbonyl (C=O) groups excluding carboxylic acids is 1. The molecule has 26 heavy (non-hydrogen) atoms. The molecule has 0 aliphatic carbocycles. The Hall–Kier alpha value is -2.32. The lowest BCUT2D eigenvalue weighted by atomic mass is 10.1. The van der Waals surface area contributed by atoms with Crippen LogP contribution in [0.15, 0.2) is 41.3 Å². The van der Waals surface area contributed by atoms with Gasteiger partial charge in [-0.15, -0.1) is 0 Å². The molecule has 0 heterocycles. The maximum absolute atomic E-state index is 13.8. The third kappa shape index (κ3) is 4.44. The molecule has 1 N–H and O–H groups in total. The lowest BCUT2D eigenvalue weighted by molar-refractivity contribution is 0.0783. The van der Waals surface area contributed by atoms with Crippen molar-refractivity contribution in [3.05, 3.63) is 64.7 Å². The number of halogens is 2. The molecular weight excluding hydrogens is 362 g/mol. The SMILES string of the molecule is CCNS(=O)(=O)c1ccc(C)c(C(=O)N(C)Cc2ccc(F)cc2F)c1. The Bertz CT molecular complexity index is 930. The molecule has 0 fully saturated rings. The summed E-state index contributed by atoms with van der Waals surface area (Å²) in [4.78, 5) is 13.9. The van der Waals surface area contributed by atoms with Gasteiger partial charge >= 0.3 is 0 Å². The average Bonchev–Trinajstić information content (AvgIpc) is 2.57. The smallest absolute Gasteiger partial charge is 0.254 e. The molecule has 0 aliphatic heterocycles. The summed E-state index contributed by atoms with van der Waals surface area (Å²) in [6, 6.07) is 7.40. The molecule has 0 spiro atoms. The number of hydrogen-bond donors (Lipinski definition) is 1. The Kier molecular flexibility index (Phi) is 6.09. The minimum Gasteiger partial charge on any atom is -0.337 e. The highest BCUT2D eigenvalue weighted by atomic mass is 32.2. The van der Waals surface area contributed by atoms with Crippen molar-refractivity contribution in [3.8, 4) is 0 Å². The molecule has 2 aromatic rings. The van der Waals surface area contributed by atoms with Gasteiger partial charge in [0.25, 0.3) is 5.91 Å². The van der Waals surface area contributed by atoms with E-state index in [1.54, 1.807) is 19.9 Å². The van der Waals surface area contributed by atoms with Crippen molar-refractivity contribution in [1.29, 1.82) is 0 Å². The van der Waals surface area contributed by atoms with Gasteiger partial charge in [-0.05, 0) is 30.7 Å². The van der Waals surface area contributed by atoms with E-state index in [1.807, 2.05) is 0 Å². The standard InChI is InChI=1S/C18H20F2N2O3S/c1-4-21-26(24,25)15-8-5-12(2)16(10-15)18(23)22(3)11-13-6-7-14(19)9-17(13)20/h5-10,21H,4,11H2,1-3H3. The summed E-state index contributed by atoms with van der Waals surface area (Å²) in [5.41, 5.74) is 0.960. The third-order valence-electron chi connectivity index (χ3n) is 3.85. The fraction of sp³-hybridized carbons (Fsp3) is 0.278. The highest BCUT2D eigenvalue weighted by Gasteiger charge is 2.20. The van der Waals surface area contributed by atoms with Crippen LogP contribution >= 0.6 is 0 Å². The maximum Gasteiger partial charge on any atom is 0.254 e. The van der Waals surface area contributed by atoms with E-state index in [-0.39, 0.29) is 29.1 Å². The van der Waals surface area contributed by atoms with Crippen LogP contribution in [0, 0.1) is 18.6 Å². The van der Waals surface area contributed by atoms with Crippen LogP contribution in [-0.2, 0) is 16.6 Å². The molecule has 0 saturated carbocycles. The summed E-state index contributed by atoms with van der Waals surface area (Å²) >= 11 is 0. The number of rotatable bonds is 6. The second kappa shape index (κ2) is 7.92. The number of nitrogens with one attached hydrogen (secondary N) is 1. The Morgan fingerprint density at radius 1 is 1.15 bits per heavy atom. The molecular formula is C18H20F2N2O3S. The van der Waals surface area contributed by atoms with Crippen molar-refractivity contribution in [2.75, 3.05) is 13.6 Å². The van der Waals surface area contributed by atoms with Crippen LogP contribution in [0.5, 0.6) is 0 Å². The molecule has 0 saturated heterocycles. The highest BCUT2D eigenvalue weighted by molar-refractivity contribution is 7.89. The number of hydrogen-bond acceptors (Lipinski definition) is 3. The van der Waals surface area contributed by atoms with E-state index >= 15 is 0 Å². The zero-order chi connectivity index (χ0) is 19.5. The Morgan fingerprint density at radius 2 is 1.85 bits per heavy atom. The van der Waals surface area contributed by atoms with Crippen molar-refractivity contribution >= 4 is 15.9 Å². The number of aryl methyl sites for hydroxylation is 1. The Balaban J connectivity index is 2.30. The third-order valence-corrected chi connectivity index (χ3v) is 5.40. The fourth-order valence-electron chi connectivity index (χ4n) is 2.45. The van der Waals surface area contributed by atoms with Gasteiger partial charge in [-0.3, -0.25) is 4.79 Å². The molecule has 0 aliphatic rings. The van der Waals surface area contributed by atoms with Gasteiger partial charge in [0, 0.05) is 37.3 Å². The predicted octanol–water partition coefficient (Wildman–Crippen LogP) is 2.84. The summed E-state index contributed by atoms with van der Waals surface area (Å²) in [7, 11) is -2.23. The van der Waals surface area contributed by atoms with Crippen LogP contribution in [0.4, 0.5) is 8.78 Å². The molecule has 1 amide bonds. The van der Waals surface area contributed by atoms with Crippen LogP contribution in [0.3, 0.4) is 0 Å². The quantitative estimate of drug-likeness (QED) is 0.835. The number of nitrogens with zero attached hydrogens (tertiary/aromatic N) is 1. The van der Waals surface area contributed by atoms with Gasteiger partial charge in [-0.1, -0.05) is 19.1 Å². The van der Waals surface area contributed by atoms with E-state index in [2.05, 4.69) is 4.72 Å². The summed E-state index contributed by atoms with van der Waals surface area (Å²) in [6.45, 7) is 3.49. The first-order valence-electron chi connectivity index (χ1n) is 7.95. The first-order valence-corrected chi connectivity index (χ1v) is 9.43. The van der Waals surface area contributed by atoms with Crippen molar-refractivity contribution in [1.82, 2.24) is 9.62 Å². The second-order valence-electron chi connectivity index (χ2n) is 5.88. The van der Waals surface area contributed by atoms with Crippen LogP contribution in [0.1, 0.15) is 28.4 Å². The van der Waals surface area contributed by atoms with E-state index in [1.165, 1.54) is 30.1 Å². The molecule has 0 radical (unpaired) electrons. The summed E-state index contributed by atoms with van der Waals surface area (Å²) in [5.74, 6) is -1.90. The second-order valence-corrected chi connectivity index (χ2v) is 7.64. The minimum atomic E-state index is -3.70. The van der Waals surface area contributed by atoms with E-state index in [0.29, 0.717) is 5.56 Å². The molecule has 2 rings (SSSR count). The fourth-order valence-corrected chi connectivity index (χ4v) is 3.52. The zero-order valence-electron chi connectivity index (χ0n) is 14.7. The molecule has 0 bridgehead atoms. The van der Waals surface area contributed by atoms with E-state index in [0.717, 1.165) is 12.1 Å². The minimum absolute atomic E-state index is 0.0188. The number of amides is 1. The molecule has 0 unspecified atom stereocenters. The highest BCUT2D eigenvalue weighted by Crippen LogP contribution is 2.19. The molecule has 2 aromatic carbocycles. The van der Waals surface area contributed by atoms with Crippen molar-refractivity contribution in [3.63, 3.8) is 0 Å². The van der Waals surface area contributed by atoms with Gasteiger partial charge in [0.1, 0.15) is 11.6 Å². The van der Waals surface area contributed by atoms with Crippen LogP contribution in [0.2, 0.25) is 0 Å². The first-order chi connectivity index (χ1) is 12.2. The van der Waals surface area contributed by atoms with Gasteiger partial charge in [0.05, 0.1) is 4.90 Å². The average molecular weight is 382 g/mol. The van der Waals surface area contributed by atoms with E-state index in [4.69, 9.17) is 0 Å². The number of sulfonamides is 1. The lowest BCUT2D eigenvalue weighted by Gasteiger charge is -2.19. The van der Waals surface area contributed by atoms with Crippen molar-refractivity contribution in [2.45, 2.75) is 25.3 Å². The topological polar surface area (TPSA) is 66.5 Å². The molecule has 0 aromatic heterocycles. The summed E-state index contributed by atoms with van der Waals surface area (Å²) in [5, 5.41) is 0. The predicted molar refractivity (Wildman–Crippen MR) is 94.2 cm³/mol. The van der Waals surface area contributed by atoms with Gasteiger partial charge in [-0.25, -0.2) is 21.9 Å². The van der Waals surface area contributed by atoms with Gasteiger partial charge < -0.3 is 4.90 Å². The van der Waals surface area contributed by atoms with E-state index in [9.17, 15) is 22.0 Å². The van der Waals surface area contributed by atoms with Gasteiger partial charge in [0.15, 0.2) is 0 Å². The molecule has 5 nitrogen and oxygen atoms in total. The van der Waals surface area contributed by atoms with Crippen LogP contribution < -0.4 is 4.72 Å². The summed E-state index contributed by atoms with van der Waals surface area (Å²) in [6.07, 6.45) is 0. The first kappa shape index (κ1) is 20.0. The number of carbonyl (C=O) groups is 1. The van der Waals surface area contributed by atoms with Gasteiger partial charge in [0.2, 0.25) is 10.0 Å². The lowest BCUT2D eigenvalue weighted by Crippen LogP contribution is -2.28. The van der Waals surface area contributed by atoms with Crippen molar-refractivity contribution in [2.24, 2.45) is 0 Å². The number of benzene rings is 2. The maximum atomic E-state index is 13.8. The zero-order valence-corrected chi connectivity index (χ0v) is 15.5. The molecule has 140 valence electrons. The van der Waals surface area contributed by atoms with Crippen LogP contribution in [-0.4, -0.2) is 32.8 Å². The molecule has 0 atom stereocenters. The normalized spacial score (nSPS) is 11.4. The van der Waals surface area contributed by atoms with E-state index < -0.39 is 27.6 Å².